The van der Waals surface area contributed by atoms with Gasteiger partial charge < -0.3 is 20.5 Å². The second kappa shape index (κ2) is 9.00. The zero-order chi connectivity index (χ0) is 23.7. The summed E-state index contributed by atoms with van der Waals surface area (Å²) in [5, 5.41) is 19.7. The summed E-state index contributed by atoms with van der Waals surface area (Å²) < 4.78 is 12.2. The molecular formula is C24H22BrN5O3. The second-order valence-corrected chi connectivity index (χ2v) is 8.80. The smallest absolute Gasteiger partial charge is 0.262 e. The third-order valence-corrected chi connectivity index (χ3v) is 5.77. The predicted octanol–water partition coefficient (Wildman–Crippen LogP) is 4.33. The third kappa shape index (κ3) is 4.56. The van der Waals surface area contributed by atoms with Crippen molar-refractivity contribution in [1.29, 1.82) is 5.26 Å². The van der Waals surface area contributed by atoms with Crippen molar-refractivity contribution in [3.63, 3.8) is 0 Å². The Bertz CT molecular complexity index is 1300. The number of anilines is 1. The SMILES string of the molecule is Cc1cc(C)cc(NC(=O)COc2ccc(Br)cc2C2C(C#N)=C(N)Oc3n[nH]c(C)c32)c1. The highest BCUT2D eigenvalue weighted by molar-refractivity contribution is 9.10. The quantitative estimate of drug-likeness (QED) is 0.471. The van der Waals surface area contributed by atoms with Crippen LogP contribution in [0.3, 0.4) is 0 Å². The summed E-state index contributed by atoms with van der Waals surface area (Å²) >= 11 is 3.49. The molecule has 2 heterocycles. The minimum Gasteiger partial charge on any atom is -0.483 e. The number of hydrogen-bond donors (Lipinski definition) is 3. The van der Waals surface area contributed by atoms with Crippen LogP contribution in [0.15, 0.2) is 52.3 Å². The number of rotatable bonds is 5. The molecule has 8 nitrogen and oxygen atoms in total. The van der Waals surface area contributed by atoms with Crippen molar-refractivity contribution >= 4 is 27.5 Å². The van der Waals surface area contributed by atoms with E-state index in [2.05, 4.69) is 37.5 Å². The van der Waals surface area contributed by atoms with Crippen LogP contribution in [0, 0.1) is 32.1 Å². The van der Waals surface area contributed by atoms with Crippen LogP contribution < -0.4 is 20.5 Å². The lowest BCUT2D eigenvalue weighted by Gasteiger charge is -2.25. The van der Waals surface area contributed by atoms with Gasteiger partial charge in [-0.25, -0.2) is 0 Å². The van der Waals surface area contributed by atoms with Crippen molar-refractivity contribution in [3.8, 4) is 17.7 Å². The highest BCUT2D eigenvalue weighted by Gasteiger charge is 2.36. The van der Waals surface area contributed by atoms with Gasteiger partial charge in [-0.1, -0.05) is 22.0 Å². The summed E-state index contributed by atoms with van der Waals surface area (Å²) in [5.41, 5.74) is 11.2. The first-order valence-corrected chi connectivity index (χ1v) is 11.0. The summed E-state index contributed by atoms with van der Waals surface area (Å²) in [6, 6.07) is 13.4. The van der Waals surface area contributed by atoms with Crippen molar-refractivity contribution in [3.05, 3.63) is 80.3 Å². The van der Waals surface area contributed by atoms with E-state index < -0.39 is 5.92 Å². The Hall–Kier alpha value is -3.77. The number of halogens is 1. The third-order valence-electron chi connectivity index (χ3n) is 5.28. The Balaban J connectivity index is 1.64. The van der Waals surface area contributed by atoms with E-state index in [1.54, 1.807) is 6.07 Å². The molecule has 9 heteroatoms. The maximum absolute atomic E-state index is 12.6. The van der Waals surface area contributed by atoms with Gasteiger partial charge in [0, 0.05) is 27.0 Å². The van der Waals surface area contributed by atoms with Crippen LogP contribution in [-0.4, -0.2) is 22.7 Å². The molecule has 2 aromatic carbocycles. The summed E-state index contributed by atoms with van der Waals surface area (Å²) in [5.74, 6) is -0.107. The van der Waals surface area contributed by atoms with Gasteiger partial charge in [0.05, 0.1) is 5.92 Å². The van der Waals surface area contributed by atoms with Gasteiger partial charge in [-0.3, -0.25) is 9.89 Å². The molecule has 33 heavy (non-hydrogen) atoms. The largest absolute Gasteiger partial charge is 0.483 e. The molecule has 0 saturated carbocycles. The number of nitriles is 1. The summed E-state index contributed by atoms with van der Waals surface area (Å²) in [7, 11) is 0. The van der Waals surface area contributed by atoms with E-state index in [0.29, 0.717) is 28.4 Å². The van der Waals surface area contributed by atoms with Crippen LogP contribution in [0.25, 0.3) is 0 Å². The maximum Gasteiger partial charge on any atom is 0.262 e. The van der Waals surface area contributed by atoms with Crippen molar-refractivity contribution in [2.75, 3.05) is 11.9 Å². The first kappa shape index (κ1) is 22.4. The molecule has 1 atom stereocenters. The summed E-state index contributed by atoms with van der Waals surface area (Å²) in [6.45, 7) is 5.58. The number of aryl methyl sites for hydroxylation is 3. The van der Waals surface area contributed by atoms with E-state index in [0.717, 1.165) is 21.3 Å². The monoisotopic (exact) mass is 507 g/mol. The van der Waals surface area contributed by atoms with Crippen LogP contribution in [-0.2, 0) is 4.79 Å². The van der Waals surface area contributed by atoms with E-state index in [4.69, 9.17) is 15.2 Å². The normalized spacial score (nSPS) is 14.8. The maximum atomic E-state index is 12.6. The minimum absolute atomic E-state index is 0.0139. The summed E-state index contributed by atoms with van der Waals surface area (Å²) in [4.78, 5) is 12.6. The highest BCUT2D eigenvalue weighted by atomic mass is 79.9. The number of allylic oxidation sites excluding steroid dienone is 1. The topological polar surface area (TPSA) is 126 Å². The van der Waals surface area contributed by atoms with E-state index in [9.17, 15) is 10.1 Å². The van der Waals surface area contributed by atoms with Crippen molar-refractivity contribution in [2.24, 2.45) is 5.73 Å². The predicted molar refractivity (Wildman–Crippen MR) is 127 cm³/mol. The van der Waals surface area contributed by atoms with Crippen LogP contribution in [0.5, 0.6) is 11.6 Å². The van der Waals surface area contributed by atoms with E-state index in [-0.39, 0.29) is 24.0 Å². The van der Waals surface area contributed by atoms with Crippen LogP contribution in [0.1, 0.15) is 33.9 Å². The molecule has 3 aromatic rings. The number of nitrogens with two attached hydrogens (primary N) is 1. The molecule has 0 saturated heterocycles. The zero-order valence-corrected chi connectivity index (χ0v) is 19.9. The molecule has 0 fully saturated rings. The van der Waals surface area contributed by atoms with Crippen LogP contribution >= 0.6 is 15.9 Å². The number of nitrogens with one attached hydrogen (secondary N) is 2. The lowest BCUT2D eigenvalue weighted by atomic mass is 9.83. The molecule has 168 valence electrons. The molecular weight excluding hydrogens is 486 g/mol. The van der Waals surface area contributed by atoms with Crippen LogP contribution in [0.2, 0.25) is 0 Å². The number of hydrogen-bond acceptors (Lipinski definition) is 6. The molecule has 1 aliphatic heterocycles. The molecule has 0 radical (unpaired) electrons. The summed E-state index contributed by atoms with van der Waals surface area (Å²) in [6.07, 6.45) is 0. The molecule has 0 bridgehead atoms. The number of ether oxygens (including phenoxy) is 2. The molecule has 4 N–H and O–H groups in total. The Morgan fingerprint density at radius 3 is 2.70 bits per heavy atom. The zero-order valence-electron chi connectivity index (χ0n) is 18.3. The first-order chi connectivity index (χ1) is 15.8. The number of aromatic amines is 1. The van der Waals surface area contributed by atoms with E-state index >= 15 is 0 Å². The Morgan fingerprint density at radius 2 is 2.00 bits per heavy atom. The minimum atomic E-state index is -0.563. The van der Waals surface area contributed by atoms with Gasteiger partial charge in [0.25, 0.3) is 5.91 Å². The average Bonchev–Trinajstić information content (AvgIpc) is 3.11. The fraction of sp³-hybridized carbons (Fsp3) is 0.208. The molecule has 1 aromatic heterocycles. The highest BCUT2D eigenvalue weighted by Crippen LogP contribution is 2.46. The molecule has 0 spiro atoms. The number of benzene rings is 2. The standard InChI is InChI=1S/C24H22BrN5O3/c1-12-6-13(2)8-16(7-12)28-20(31)11-32-19-5-4-15(25)9-17(19)22-18(10-26)23(27)33-24-21(22)14(3)29-30-24/h4-9,22H,11,27H2,1-3H3,(H,28,31)(H,29,30). The van der Waals surface area contributed by atoms with Gasteiger partial charge in [-0.05, 0) is 62.2 Å². The fourth-order valence-electron chi connectivity index (χ4n) is 3.97. The molecule has 1 amide bonds. The van der Waals surface area contributed by atoms with Gasteiger partial charge in [0.15, 0.2) is 6.61 Å². The molecule has 4 rings (SSSR count). The lowest BCUT2D eigenvalue weighted by molar-refractivity contribution is -0.118. The van der Waals surface area contributed by atoms with Crippen LogP contribution in [0.4, 0.5) is 5.69 Å². The number of aromatic nitrogens is 2. The molecule has 1 unspecified atom stereocenters. The van der Waals surface area contributed by atoms with Gasteiger partial charge in [0.1, 0.15) is 17.4 Å². The Morgan fingerprint density at radius 1 is 1.27 bits per heavy atom. The van der Waals surface area contributed by atoms with Gasteiger partial charge in [0.2, 0.25) is 11.8 Å². The number of carbonyl (C=O) groups excluding carboxylic acids is 1. The Labute approximate surface area is 199 Å². The number of H-pyrrole nitrogens is 1. The number of nitrogens with zero attached hydrogens (tertiary/aromatic N) is 2. The number of amides is 1. The number of fused-ring (bicyclic) bond motifs is 1. The van der Waals surface area contributed by atoms with Gasteiger partial charge in [-0.15, -0.1) is 5.10 Å². The lowest BCUT2D eigenvalue weighted by Crippen LogP contribution is -2.23. The number of carbonyl (C=O) groups is 1. The van der Waals surface area contributed by atoms with E-state index in [1.807, 2.05) is 51.1 Å². The van der Waals surface area contributed by atoms with Gasteiger partial charge in [-0.2, -0.15) is 5.26 Å². The second-order valence-electron chi connectivity index (χ2n) is 7.89. The van der Waals surface area contributed by atoms with Crippen molar-refractivity contribution in [1.82, 2.24) is 10.2 Å². The molecule has 1 aliphatic rings. The van der Waals surface area contributed by atoms with Crippen molar-refractivity contribution < 1.29 is 14.3 Å². The fourth-order valence-corrected chi connectivity index (χ4v) is 4.35. The molecule has 0 aliphatic carbocycles. The van der Waals surface area contributed by atoms with E-state index in [1.165, 1.54) is 0 Å². The van der Waals surface area contributed by atoms with Crippen molar-refractivity contribution in [2.45, 2.75) is 26.7 Å². The average molecular weight is 508 g/mol. The Kier molecular flexibility index (Phi) is 6.11. The van der Waals surface area contributed by atoms with Gasteiger partial charge >= 0.3 is 0 Å². The first-order valence-electron chi connectivity index (χ1n) is 10.2.